The van der Waals surface area contributed by atoms with Gasteiger partial charge >= 0.3 is 0 Å². The van der Waals surface area contributed by atoms with Crippen molar-refractivity contribution in [1.82, 2.24) is 4.98 Å². The Balaban J connectivity index is 2.36. The standard InChI is InChI=1S/C12H16N2O/c1-8-2-3-11-9(5-10(13)7-15)6-14-12(11)4-8/h2-4,6,10,14-15H,5,7,13H2,1H3/t10-/m0/s1. The van der Waals surface area contributed by atoms with Crippen molar-refractivity contribution in [2.45, 2.75) is 19.4 Å². The SMILES string of the molecule is Cc1ccc2c(C[C@H](N)CO)c[nH]c2c1. The van der Waals surface area contributed by atoms with E-state index in [1.165, 1.54) is 16.5 Å². The average molecular weight is 204 g/mol. The van der Waals surface area contributed by atoms with E-state index >= 15 is 0 Å². The molecule has 0 radical (unpaired) electrons. The number of H-pyrrole nitrogens is 1. The highest BCUT2D eigenvalue weighted by atomic mass is 16.3. The molecule has 0 aliphatic carbocycles. The van der Waals surface area contributed by atoms with Gasteiger partial charge in [0.15, 0.2) is 0 Å². The van der Waals surface area contributed by atoms with E-state index in [1.54, 1.807) is 0 Å². The first kappa shape index (κ1) is 10.2. The zero-order valence-electron chi connectivity index (χ0n) is 8.83. The van der Waals surface area contributed by atoms with Gasteiger partial charge in [0, 0.05) is 23.1 Å². The summed E-state index contributed by atoms with van der Waals surface area (Å²) in [6.45, 7) is 2.10. The lowest BCUT2D eigenvalue weighted by atomic mass is 10.1. The molecule has 0 aliphatic rings. The van der Waals surface area contributed by atoms with Crippen molar-refractivity contribution in [2.75, 3.05) is 6.61 Å². The van der Waals surface area contributed by atoms with Gasteiger partial charge in [0.05, 0.1) is 6.61 Å². The minimum atomic E-state index is -0.176. The Morgan fingerprint density at radius 3 is 3.00 bits per heavy atom. The third kappa shape index (κ3) is 2.03. The summed E-state index contributed by atoms with van der Waals surface area (Å²) in [5.41, 5.74) is 9.27. The summed E-state index contributed by atoms with van der Waals surface area (Å²) in [7, 11) is 0. The third-order valence-electron chi connectivity index (χ3n) is 2.64. The van der Waals surface area contributed by atoms with Gasteiger partial charge in [-0.2, -0.15) is 0 Å². The van der Waals surface area contributed by atoms with Crippen molar-refractivity contribution < 1.29 is 5.11 Å². The Morgan fingerprint density at radius 1 is 1.47 bits per heavy atom. The summed E-state index contributed by atoms with van der Waals surface area (Å²) in [6, 6.07) is 6.12. The maximum Gasteiger partial charge on any atom is 0.0585 e. The number of benzene rings is 1. The Labute approximate surface area is 88.9 Å². The molecule has 3 heteroatoms. The number of aryl methyl sites for hydroxylation is 1. The van der Waals surface area contributed by atoms with Crippen molar-refractivity contribution >= 4 is 10.9 Å². The summed E-state index contributed by atoms with van der Waals surface area (Å²) in [6.07, 6.45) is 2.68. The summed E-state index contributed by atoms with van der Waals surface area (Å²) in [5.74, 6) is 0. The second-order valence-electron chi connectivity index (χ2n) is 4.01. The Kier molecular flexibility index (Phi) is 2.75. The molecule has 80 valence electrons. The fourth-order valence-electron chi connectivity index (χ4n) is 1.82. The van der Waals surface area contributed by atoms with Crippen LogP contribution in [0.15, 0.2) is 24.4 Å². The molecule has 0 unspecified atom stereocenters. The first-order valence-corrected chi connectivity index (χ1v) is 5.13. The molecule has 4 N–H and O–H groups in total. The lowest BCUT2D eigenvalue weighted by Gasteiger charge is -2.06. The molecule has 0 spiro atoms. The number of fused-ring (bicyclic) bond motifs is 1. The molecule has 0 aliphatic heterocycles. The number of rotatable bonds is 3. The number of nitrogens with one attached hydrogen (secondary N) is 1. The molecule has 1 aromatic heterocycles. The van der Waals surface area contributed by atoms with Crippen molar-refractivity contribution in [3.63, 3.8) is 0 Å². The first-order chi connectivity index (χ1) is 7.20. The first-order valence-electron chi connectivity index (χ1n) is 5.13. The molecule has 3 nitrogen and oxygen atoms in total. The highest BCUT2D eigenvalue weighted by Crippen LogP contribution is 2.20. The van der Waals surface area contributed by atoms with E-state index in [9.17, 15) is 0 Å². The van der Waals surface area contributed by atoms with Gasteiger partial charge in [0.2, 0.25) is 0 Å². The molecule has 2 rings (SSSR count). The van der Waals surface area contributed by atoms with E-state index in [-0.39, 0.29) is 12.6 Å². The molecule has 0 amide bonds. The number of aliphatic hydroxyl groups excluding tert-OH is 1. The minimum Gasteiger partial charge on any atom is -0.395 e. The highest BCUT2D eigenvalue weighted by Gasteiger charge is 2.07. The number of hydrogen-bond donors (Lipinski definition) is 3. The van der Waals surface area contributed by atoms with Crippen molar-refractivity contribution in [2.24, 2.45) is 5.73 Å². The molecular weight excluding hydrogens is 188 g/mol. The molecular formula is C12H16N2O. The molecule has 2 aromatic rings. The van der Waals surface area contributed by atoms with Crippen LogP contribution < -0.4 is 5.73 Å². The quantitative estimate of drug-likeness (QED) is 0.706. The number of aromatic nitrogens is 1. The normalized spacial score (nSPS) is 13.3. The smallest absolute Gasteiger partial charge is 0.0585 e. The van der Waals surface area contributed by atoms with Crippen LogP contribution in [0.3, 0.4) is 0 Å². The fourth-order valence-corrected chi connectivity index (χ4v) is 1.82. The van der Waals surface area contributed by atoms with Gasteiger partial charge in [-0.15, -0.1) is 0 Å². The van der Waals surface area contributed by atoms with Crippen LogP contribution in [0.25, 0.3) is 10.9 Å². The number of hydrogen-bond acceptors (Lipinski definition) is 2. The van der Waals surface area contributed by atoms with E-state index in [0.717, 1.165) is 5.52 Å². The zero-order chi connectivity index (χ0) is 10.8. The van der Waals surface area contributed by atoms with Crippen LogP contribution >= 0.6 is 0 Å². The van der Waals surface area contributed by atoms with Crippen LogP contribution in [-0.4, -0.2) is 22.7 Å². The van der Waals surface area contributed by atoms with E-state index in [2.05, 4.69) is 30.1 Å². The second kappa shape index (κ2) is 4.04. The molecule has 0 fully saturated rings. The monoisotopic (exact) mass is 204 g/mol. The summed E-state index contributed by atoms with van der Waals surface area (Å²) in [4.78, 5) is 3.22. The fraction of sp³-hybridized carbons (Fsp3) is 0.333. The van der Waals surface area contributed by atoms with Gasteiger partial charge in [-0.05, 0) is 30.5 Å². The maximum absolute atomic E-state index is 8.91. The molecule has 1 heterocycles. The number of nitrogens with two attached hydrogens (primary N) is 1. The van der Waals surface area contributed by atoms with Crippen LogP contribution in [0, 0.1) is 6.92 Å². The van der Waals surface area contributed by atoms with Gasteiger partial charge in [0.25, 0.3) is 0 Å². The third-order valence-corrected chi connectivity index (χ3v) is 2.64. The lowest BCUT2D eigenvalue weighted by molar-refractivity contribution is 0.265. The summed E-state index contributed by atoms with van der Waals surface area (Å²) >= 11 is 0. The summed E-state index contributed by atoms with van der Waals surface area (Å²) < 4.78 is 0. The van der Waals surface area contributed by atoms with E-state index < -0.39 is 0 Å². The van der Waals surface area contributed by atoms with Gasteiger partial charge in [-0.1, -0.05) is 12.1 Å². The predicted octanol–water partition coefficient (Wildman–Crippen LogP) is 1.34. The van der Waals surface area contributed by atoms with Crippen LogP contribution in [0.1, 0.15) is 11.1 Å². The largest absolute Gasteiger partial charge is 0.395 e. The van der Waals surface area contributed by atoms with E-state index in [4.69, 9.17) is 10.8 Å². The van der Waals surface area contributed by atoms with Crippen molar-refractivity contribution in [1.29, 1.82) is 0 Å². The number of aromatic amines is 1. The topological polar surface area (TPSA) is 62.0 Å². The Morgan fingerprint density at radius 2 is 2.27 bits per heavy atom. The van der Waals surface area contributed by atoms with Gasteiger partial charge in [-0.25, -0.2) is 0 Å². The van der Waals surface area contributed by atoms with Crippen LogP contribution in [0.2, 0.25) is 0 Å². The van der Waals surface area contributed by atoms with Crippen LogP contribution in [0.4, 0.5) is 0 Å². The molecule has 1 aromatic carbocycles. The van der Waals surface area contributed by atoms with Crippen LogP contribution in [-0.2, 0) is 6.42 Å². The molecule has 0 saturated heterocycles. The predicted molar refractivity (Wildman–Crippen MR) is 61.8 cm³/mol. The molecule has 0 bridgehead atoms. The molecule has 1 atom stereocenters. The second-order valence-corrected chi connectivity index (χ2v) is 4.01. The average Bonchev–Trinajstić information content (AvgIpc) is 2.60. The lowest BCUT2D eigenvalue weighted by Crippen LogP contribution is -2.26. The van der Waals surface area contributed by atoms with E-state index in [1.807, 2.05) is 6.20 Å². The highest BCUT2D eigenvalue weighted by molar-refractivity contribution is 5.83. The Bertz CT molecular complexity index is 462. The Hall–Kier alpha value is -1.32. The molecule has 0 saturated carbocycles. The number of aliphatic hydroxyl groups is 1. The van der Waals surface area contributed by atoms with Gasteiger partial charge in [0.1, 0.15) is 0 Å². The van der Waals surface area contributed by atoms with E-state index in [0.29, 0.717) is 6.42 Å². The summed E-state index contributed by atoms with van der Waals surface area (Å²) in [5, 5.41) is 10.1. The van der Waals surface area contributed by atoms with Crippen molar-refractivity contribution in [3.8, 4) is 0 Å². The van der Waals surface area contributed by atoms with Crippen LogP contribution in [0.5, 0.6) is 0 Å². The molecule has 15 heavy (non-hydrogen) atoms. The zero-order valence-corrected chi connectivity index (χ0v) is 8.83. The maximum atomic E-state index is 8.91. The minimum absolute atomic E-state index is 0.0263. The van der Waals surface area contributed by atoms with Gasteiger partial charge < -0.3 is 15.8 Å². The van der Waals surface area contributed by atoms with Gasteiger partial charge in [-0.3, -0.25) is 0 Å². The van der Waals surface area contributed by atoms with Crippen molar-refractivity contribution in [3.05, 3.63) is 35.5 Å².